The Hall–Kier alpha value is -2.81. The molecule has 0 radical (unpaired) electrons. The van der Waals surface area contributed by atoms with Crippen molar-refractivity contribution in [3.8, 4) is 11.5 Å². The predicted molar refractivity (Wildman–Crippen MR) is 103 cm³/mol. The van der Waals surface area contributed by atoms with Crippen molar-refractivity contribution in [1.82, 2.24) is 19.5 Å². The number of hydrogen-bond acceptors (Lipinski definition) is 6. The number of rotatable bonds is 5. The highest BCUT2D eigenvalue weighted by atomic mass is 32.2. The van der Waals surface area contributed by atoms with Crippen molar-refractivity contribution in [2.45, 2.75) is 32.1 Å². The van der Waals surface area contributed by atoms with Crippen LogP contribution in [0.5, 0.6) is 0 Å². The van der Waals surface area contributed by atoms with Gasteiger partial charge in [-0.25, -0.2) is 18.4 Å². The number of imidazole rings is 1. The van der Waals surface area contributed by atoms with Gasteiger partial charge in [-0.1, -0.05) is 13.8 Å². The van der Waals surface area contributed by atoms with Gasteiger partial charge in [-0.2, -0.15) is 0 Å². The molecule has 9 heteroatoms. The first-order valence-corrected chi connectivity index (χ1v) is 10.2. The van der Waals surface area contributed by atoms with E-state index in [4.69, 9.17) is 0 Å². The molecule has 0 aliphatic heterocycles. The lowest BCUT2D eigenvalue weighted by molar-refractivity contribution is -0.115. The van der Waals surface area contributed by atoms with Gasteiger partial charge in [0.2, 0.25) is 5.91 Å². The van der Waals surface area contributed by atoms with Crippen LogP contribution in [0.15, 0.2) is 29.3 Å². The van der Waals surface area contributed by atoms with E-state index < -0.39 is 9.84 Å². The third-order valence-electron chi connectivity index (χ3n) is 4.28. The lowest BCUT2D eigenvalue weighted by Crippen LogP contribution is -2.14. The van der Waals surface area contributed by atoms with Crippen molar-refractivity contribution in [3.05, 3.63) is 30.1 Å². The maximum absolute atomic E-state index is 12.6. The smallest absolute Gasteiger partial charge is 0.225 e. The Morgan fingerprint density at radius 3 is 2.63 bits per heavy atom. The average Bonchev–Trinajstić information content (AvgIpc) is 2.97. The summed E-state index contributed by atoms with van der Waals surface area (Å²) < 4.78 is 26.9. The number of anilines is 1. The topological polar surface area (TPSA) is 107 Å². The first kappa shape index (κ1) is 19.0. The molecular formula is C18H21N5O3S. The zero-order chi connectivity index (χ0) is 19.8. The van der Waals surface area contributed by atoms with Crippen molar-refractivity contribution in [1.29, 1.82) is 0 Å². The normalized spacial score (nSPS) is 11.7. The van der Waals surface area contributed by atoms with Gasteiger partial charge in [-0.05, 0) is 25.1 Å². The third-order valence-corrected chi connectivity index (χ3v) is 6.04. The average molecular weight is 387 g/mol. The third kappa shape index (κ3) is 3.55. The fourth-order valence-electron chi connectivity index (χ4n) is 2.72. The van der Waals surface area contributed by atoms with E-state index >= 15 is 0 Å². The summed E-state index contributed by atoms with van der Waals surface area (Å²) in [7, 11) is -1.75. The lowest BCUT2D eigenvalue weighted by Gasteiger charge is -2.11. The molecule has 27 heavy (non-hydrogen) atoms. The van der Waals surface area contributed by atoms with E-state index in [0.717, 1.165) is 11.2 Å². The number of aromatic nitrogens is 4. The van der Waals surface area contributed by atoms with Crippen LogP contribution in [0.25, 0.3) is 22.6 Å². The number of amides is 1. The van der Waals surface area contributed by atoms with Crippen LogP contribution in [-0.2, 0) is 21.7 Å². The molecule has 3 aromatic rings. The van der Waals surface area contributed by atoms with Gasteiger partial charge in [0, 0.05) is 19.2 Å². The number of pyridine rings is 2. The van der Waals surface area contributed by atoms with Crippen LogP contribution in [0, 0.1) is 6.92 Å². The Morgan fingerprint density at radius 2 is 1.96 bits per heavy atom. The van der Waals surface area contributed by atoms with E-state index in [1.807, 2.05) is 13.0 Å². The molecule has 3 aromatic heterocycles. The van der Waals surface area contributed by atoms with Gasteiger partial charge >= 0.3 is 0 Å². The number of aryl methyl sites for hydroxylation is 2. The molecular weight excluding hydrogens is 366 g/mol. The Balaban J connectivity index is 2.27. The second-order valence-electron chi connectivity index (χ2n) is 6.16. The van der Waals surface area contributed by atoms with Crippen LogP contribution in [0.1, 0.15) is 26.0 Å². The molecule has 1 N–H and O–H groups in total. The molecule has 3 rings (SSSR count). The summed E-state index contributed by atoms with van der Waals surface area (Å²) in [5.41, 5.74) is 2.48. The molecule has 1 amide bonds. The summed E-state index contributed by atoms with van der Waals surface area (Å²) in [4.78, 5) is 25.1. The Bertz CT molecular complexity index is 1140. The summed E-state index contributed by atoms with van der Waals surface area (Å²) in [6.45, 7) is 5.17. The molecule has 0 saturated heterocycles. The Morgan fingerprint density at radius 1 is 1.22 bits per heavy atom. The number of nitrogens with zero attached hydrogens (tertiary/aromatic N) is 4. The zero-order valence-corrected chi connectivity index (χ0v) is 16.5. The van der Waals surface area contributed by atoms with Crippen molar-refractivity contribution >= 4 is 32.6 Å². The number of hydrogen-bond donors (Lipinski definition) is 1. The fourth-order valence-corrected chi connectivity index (χ4v) is 3.73. The van der Waals surface area contributed by atoms with Crippen molar-refractivity contribution in [3.63, 3.8) is 0 Å². The molecule has 0 aromatic carbocycles. The highest BCUT2D eigenvalue weighted by Gasteiger charge is 2.23. The van der Waals surface area contributed by atoms with Crippen molar-refractivity contribution in [2.75, 3.05) is 11.1 Å². The van der Waals surface area contributed by atoms with Crippen molar-refractivity contribution in [2.24, 2.45) is 7.05 Å². The van der Waals surface area contributed by atoms with Gasteiger partial charge in [0.15, 0.2) is 15.7 Å². The highest BCUT2D eigenvalue weighted by molar-refractivity contribution is 7.91. The van der Waals surface area contributed by atoms with E-state index in [2.05, 4.69) is 20.3 Å². The Labute approximate surface area is 157 Å². The van der Waals surface area contributed by atoms with E-state index in [0.29, 0.717) is 17.8 Å². The van der Waals surface area contributed by atoms with Crippen LogP contribution in [0.4, 0.5) is 5.82 Å². The Kier molecular flexibility index (Phi) is 4.97. The SMILES string of the molecule is CCC(=O)Nc1ccc(S(=O)(=O)CC)c(-c2nc3cc(C)ncc3n2C)n1. The second-order valence-corrected chi connectivity index (χ2v) is 8.40. The van der Waals surface area contributed by atoms with Crippen LogP contribution in [0.2, 0.25) is 0 Å². The molecule has 0 aliphatic carbocycles. The van der Waals surface area contributed by atoms with E-state index in [1.54, 1.807) is 31.7 Å². The van der Waals surface area contributed by atoms with E-state index in [9.17, 15) is 13.2 Å². The molecule has 0 atom stereocenters. The van der Waals surface area contributed by atoms with Crippen LogP contribution in [0.3, 0.4) is 0 Å². The number of sulfone groups is 1. The predicted octanol–water partition coefficient (Wildman–Crippen LogP) is 2.48. The second kappa shape index (κ2) is 7.07. The van der Waals surface area contributed by atoms with Gasteiger partial charge in [0.25, 0.3) is 0 Å². The van der Waals surface area contributed by atoms with Gasteiger partial charge in [-0.15, -0.1) is 0 Å². The quantitative estimate of drug-likeness (QED) is 0.721. The summed E-state index contributed by atoms with van der Waals surface area (Å²) in [6.07, 6.45) is 1.99. The van der Waals surface area contributed by atoms with Crippen LogP contribution < -0.4 is 5.32 Å². The molecule has 0 aliphatic rings. The minimum Gasteiger partial charge on any atom is -0.324 e. The van der Waals surface area contributed by atoms with E-state index in [1.165, 1.54) is 12.1 Å². The molecule has 3 heterocycles. The minimum absolute atomic E-state index is 0.0625. The van der Waals surface area contributed by atoms with Gasteiger partial charge in [-0.3, -0.25) is 9.78 Å². The number of nitrogens with one attached hydrogen (secondary N) is 1. The summed E-state index contributed by atoms with van der Waals surface area (Å²) in [5.74, 6) is 0.419. The maximum atomic E-state index is 12.6. The zero-order valence-electron chi connectivity index (χ0n) is 15.6. The summed E-state index contributed by atoms with van der Waals surface area (Å²) in [6, 6.07) is 4.79. The van der Waals surface area contributed by atoms with Gasteiger partial charge < -0.3 is 9.88 Å². The van der Waals surface area contributed by atoms with Crippen molar-refractivity contribution < 1.29 is 13.2 Å². The highest BCUT2D eigenvalue weighted by Crippen LogP contribution is 2.29. The summed E-state index contributed by atoms with van der Waals surface area (Å²) >= 11 is 0. The van der Waals surface area contributed by atoms with Crippen LogP contribution >= 0.6 is 0 Å². The molecule has 142 valence electrons. The monoisotopic (exact) mass is 387 g/mol. The standard InChI is InChI=1S/C18H21N5O3S/c1-5-16(24)21-15-8-7-14(27(25,26)6-2)17(22-15)18-20-12-9-11(3)19-10-13(12)23(18)4/h7-10H,5-6H2,1-4H3,(H,21,22,24). The largest absolute Gasteiger partial charge is 0.324 e. The lowest BCUT2D eigenvalue weighted by atomic mass is 10.3. The molecule has 8 nitrogen and oxygen atoms in total. The first-order chi connectivity index (χ1) is 12.8. The maximum Gasteiger partial charge on any atom is 0.225 e. The molecule has 0 saturated carbocycles. The van der Waals surface area contributed by atoms with Gasteiger partial charge in [0.05, 0.1) is 27.9 Å². The minimum atomic E-state index is -3.53. The summed E-state index contributed by atoms with van der Waals surface area (Å²) in [5, 5.41) is 2.67. The molecule has 0 spiro atoms. The molecule has 0 fully saturated rings. The van der Waals surface area contributed by atoms with Gasteiger partial charge in [0.1, 0.15) is 11.5 Å². The molecule has 0 unspecified atom stereocenters. The number of carbonyl (C=O) groups is 1. The molecule has 0 bridgehead atoms. The number of fused-ring (bicyclic) bond motifs is 1. The first-order valence-electron chi connectivity index (χ1n) is 8.60. The fraction of sp³-hybridized carbons (Fsp3) is 0.333. The van der Waals surface area contributed by atoms with Crippen LogP contribution in [-0.4, -0.2) is 39.6 Å². The van der Waals surface area contributed by atoms with E-state index in [-0.39, 0.29) is 28.1 Å². The number of carbonyl (C=O) groups excluding carboxylic acids is 1.